The van der Waals surface area contributed by atoms with Gasteiger partial charge < -0.3 is 19.5 Å². The van der Waals surface area contributed by atoms with Crippen molar-refractivity contribution in [3.8, 4) is 0 Å². The van der Waals surface area contributed by atoms with Crippen LogP contribution in [0, 0.1) is 0 Å². The van der Waals surface area contributed by atoms with Gasteiger partial charge in [-0.25, -0.2) is 0 Å². The van der Waals surface area contributed by atoms with Crippen LogP contribution in [0.4, 0.5) is 0 Å². The number of carboxylic acid groups (broad SMARTS) is 1. The molecular formula is C12H20N2O5. The maximum absolute atomic E-state index is 12.2. The van der Waals surface area contributed by atoms with Crippen LogP contribution in [-0.2, 0) is 19.1 Å². The third-order valence-corrected chi connectivity index (χ3v) is 3.46. The van der Waals surface area contributed by atoms with Gasteiger partial charge in [-0.3, -0.25) is 14.5 Å². The number of aliphatic carboxylic acids is 1. The number of carboxylic acids is 1. The first-order chi connectivity index (χ1) is 9.08. The Morgan fingerprint density at radius 2 is 2.11 bits per heavy atom. The average molecular weight is 272 g/mol. The molecule has 1 amide bonds. The highest BCUT2D eigenvalue weighted by Gasteiger charge is 2.32. The summed E-state index contributed by atoms with van der Waals surface area (Å²) in [7, 11) is 0. The van der Waals surface area contributed by atoms with Gasteiger partial charge in [-0.2, -0.15) is 0 Å². The van der Waals surface area contributed by atoms with E-state index in [1.807, 2.05) is 6.92 Å². The molecule has 2 unspecified atom stereocenters. The van der Waals surface area contributed by atoms with Crippen LogP contribution in [0.5, 0.6) is 0 Å². The molecule has 7 nitrogen and oxygen atoms in total. The molecule has 108 valence electrons. The minimum atomic E-state index is -0.942. The van der Waals surface area contributed by atoms with E-state index in [4.69, 9.17) is 14.6 Å². The standard InChI is InChI=1S/C12H20N2O5/c1-9-6-14(3-5-19-9)11(15)7-13-2-4-18-8-10(13)12(16)17/h9-10H,2-8H2,1H3,(H,16,17). The van der Waals surface area contributed by atoms with Crippen molar-refractivity contribution in [2.24, 2.45) is 0 Å². The van der Waals surface area contributed by atoms with Crippen LogP contribution < -0.4 is 0 Å². The van der Waals surface area contributed by atoms with Crippen molar-refractivity contribution in [1.82, 2.24) is 9.80 Å². The fraction of sp³-hybridized carbons (Fsp3) is 0.833. The third kappa shape index (κ3) is 3.65. The maximum atomic E-state index is 12.2. The Labute approximate surface area is 112 Å². The lowest BCUT2D eigenvalue weighted by Crippen LogP contribution is -2.55. The molecule has 19 heavy (non-hydrogen) atoms. The molecule has 0 aromatic heterocycles. The van der Waals surface area contributed by atoms with Crippen LogP contribution in [0.25, 0.3) is 0 Å². The second kappa shape index (κ2) is 6.31. The lowest BCUT2D eigenvalue weighted by molar-refractivity contribution is -0.153. The van der Waals surface area contributed by atoms with Crippen molar-refractivity contribution >= 4 is 11.9 Å². The summed E-state index contributed by atoms with van der Waals surface area (Å²) in [6.07, 6.45) is 0.0395. The molecule has 2 aliphatic heterocycles. The number of morpholine rings is 2. The van der Waals surface area contributed by atoms with Gasteiger partial charge in [0.1, 0.15) is 6.04 Å². The molecule has 0 bridgehead atoms. The van der Waals surface area contributed by atoms with Crippen LogP contribution in [-0.4, -0.2) is 84.9 Å². The highest BCUT2D eigenvalue weighted by Crippen LogP contribution is 2.10. The minimum Gasteiger partial charge on any atom is -0.480 e. The van der Waals surface area contributed by atoms with E-state index in [1.54, 1.807) is 9.80 Å². The summed E-state index contributed by atoms with van der Waals surface area (Å²) in [6.45, 7) is 4.83. The molecule has 2 fully saturated rings. The van der Waals surface area contributed by atoms with Crippen molar-refractivity contribution in [3.05, 3.63) is 0 Å². The Morgan fingerprint density at radius 3 is 2.79 bits per heavy atom. The molecular weight excluding hydrogens is 252 g/mol. The summed E-state index contributed by atoms with van der Waals surface area (Å²) in [5.74, 6) is -0.980. The van der Waals surface area contributed by atoms with E-state index in [2.05, 4.69) is 0 Å². The molecule has 2 heterocycles. The number of nitrogens with zero attached hydrogens (tertiary/aromatic N) is 2. The number of carbonyl (C=O) groups is 2. The smallest absolute Gasteiger partial charge is 0.323 e. The third-order valence-electron chi connectivity index (χ3n) is 3.46. The lowest BCUT2D eigenvalue weighted by atomic mass is 10.2. The van der Waals surface area contributed by atoms with Gasteiger partial charge >= 0.3 is 5.97 Å². The molecule has 2 aliphatic rings. The predicted molar refractivity (Wildman–Crippen MR) is 65.8 cm³/mol. The molecule has 0 aliphatic carbocycles. The first-order valence-electron chi connectivity index (χ1n) is 6.52. The van der Waals surface area contributed by atoms with E-state index >= 15 is 0 Å². The normalized spacial score (nSPS) is 29.2. The van der Waals surface area contributed by atoms with Crippen LogP contribution in [0.3, 0.4) is 0 Å². The Morgan fingerprint density at radius 1 is 1.32 bits per heavy atom. The van der Waals surface area contributed by atoms with E-state index < -0.39 is 12.0 Å². The SMILES string of the molecule is CC1CN(C(=O)CN2CCOCC2C(=O)O)CCO1. The van der Waals surface area contributed by atoms with E-state index in [0.717, 1.165) is 0 Å². The Balaban J connectivity index is 1.91. The highest BCUT2D eigenvalue weighted by atomic mass is 16.5. The lowest BCUT2D eigenvalue weighted by Gasteiger charge is -2.36. The number of carbonyl (C=O) groups excluding carboxylic acids is 1. The van der Waals surface area contributed by atoms with Crippen LogP contribution in [0.15, 0.2) is 0 Å². The van der Waals surface area contributed by atoms with E-state index in [0.29, 0.717) is 32.8 Å². The van der Waals surface area contributed by atoms with Crippen molar-refractivity contribution in [1.29, 1.82) is 0 Å². The first-order valence-corrected chi connectivity index (χ1v) is 6.52. The first kappa shape index (κ1) is 14.2. The zero-order valence-electron chi connectivity index (χ0n) is 11.1. The number of hydrogen-bond donors (Lipinski definition) is 1. The van der Waals surface area contributed by atoms with Crippen LogP contribution in [0.2, 0.25) is 0 Å². The maximum Gasteiger partial charge on any atom is 0.323 e. The number of hydrogen-bond acceptors (Lipinski definition) is 5. The number of amides is 1. The molecule has 0 radical (unpaired) electrons. The quantitative estimate of drug-likeness (QED) is 0.711. The van der Waals surface area contributed by atoms with Gasteiger partial charge in [-0.1, -0.05) is 0 Å². The van der Waals surface area contributed by atoms with E-state index in [9.17, 15) is 9.59 Å². The van der Waals surface area contributed by atoms with Gasteiger partial charge in [0.05, 0.1) is 32.5 Å². The summed E-state index contributed by atoms with van der Waals surface area (Å²) >= 11 is 0. The molecule has 2 saturated heterocycles. The summed E-state index contributed by atoms with van der Waals surface area (Å²) in [5, 5.41) is 9.11. The molecule has 7 heteroatoms. The number of rotatable bonds is 3. The topological polar surface area (TPSA) is 79.3 Å². The van der Waals surface area contributed by atoms with Crippen LogP contribution in [0.1, 0.15) is 6.92 Å². The molecule has 0 saturated carbocycles. The Bertz CT molecular complexity index is 349. The van der Waals surface area contributed by atoms with Crippen molar-refractivity contribution in [3.63, 3.8) is 0 Å². The summed E-state index contributed by atoms with van der Waals surface area (Å²) in [4.78, 5) is 26.7. The molecule has 2 atom stereocenters. The highest BCUT2D eigenvalue weighted by molar-refractivity contribution is 5.80. The van der Waals surface area contributed by atoms with Gasteiger partial charge in [0.25, 0.3) is 0 Å². The summed E-state index contributed by atoms with van der Waals surface area (Å²) < 4.78 is 10.5. The van der Waals surface area contributed by atoms with Crippen molar-refractivity contribution in [2.45, 2.75) is 19.1 Å². The monoisotopic (exact) mass is 272 g/mol. The van der Waals surface area contributed by atoms with Gasteiger partial charge in [-0.15, -0.1) is 0 Å². The van der Waals surface area contributed by atoms with Gasteiger partial charge in [0.2, 0.25) is 5.91 Å². The fourth-order valence-electron chi connectivity index (χ4n) is 2.37. The molecule has 0 spiro atoms. The molecule has 2 rings (SSSR count). The summed E-state index contributed by atoms with van der Waals surface area (Å²) in [5.41, 5.74) is 0. The zero-order valence-corrected chi connectivity index (χ0v) is 11.1. The average Bonchev–Trinajstić information content (AvgIpc) is 2.39. The number of ether oxygens (including phenoxy) is 2. The van der Waals surface area contributed by atoms with Gasteiger partial charge in [-0.05, 0) is 6.92 Å². The van der Waals surface area contributed by atoms with Gasteiger partial charge in [0, 0.05) is 19.6 Å². The van der Waals surface area contributed by atoms with E-state index in [-0.39, 0.29) is 25.2 Å². The Kier molecular flexibility index (Phi) is 4.73. The molecule has 0 aromatic rings. The van der Waals surface area contributed by atoms with Crippen molar-refractivity contribution < 1.29 is 24.2 Å². The second-order valence-electron chi connectivity index (χ2n) is 4.92. The molecule has 0 aromatic carbocycles. The summed E-state index contributed by atoms with van der Waals surface area (Å²) in [6, 6.07) is -0.726. The minimum absolute atomic E-state index is 0.0386. The molecule has 1 N–H and O–H groups in total. The zero-order chi connectivity index (χ0) is 13.8. The fourth-order valence-corrected chi connectivity index (χ4v) is 2.37. The second-order valence-corrected chi connectivity index (χ2v) is 4.92. The predicted octanol–water partition coefficient (Wildman–Crippen LogP) is -0.981. The van der Waals surface area contributed by atoms with Crippen LogP contribution >= 0.6 is 0 Å². The van der Waals surface area contributed by atoms with Crippen molar-refractivity contribution in [2.75, 3.05) is 46.0 Å². The largest absolute Gasteiger partial charge is 0.480 e. The van der Waals surface area contributed by atoms with E-state index in [1.165, 1.54) is 0 Å². The van der Waals surface area contributed by atoms with Gasteiger partial charge in [0.15, 0.2) is 0 Å². The Hall–Kier alpha value is -1.18.